The quantitative estimate of drug-likeness (QED) is 0.527. The minimum atomic E-state index is 0.567. The Morgan fingerprint density at radius 3 is 2.73 bits per heavy atom. The fourth-order valence-corrected chi connectivity index (χ4v) is 2.68. The largest absolute Gasteiger partial charge is 0.467 e. The van der Waals surface area contributed by atoms with Crippen molar-refractivity contribution in [2.45, 2.75) is 20.0 Å². The van der Waals surface area contributed by atoms with E-state index in [1.807, 2.05) is 49.3 Å². The first-order valence-electron chi connectivity index (χ1n) is 8.78. The molecule has 6 heteroatoms. The number of aliphatic imine (C=N–C) groups is 1. The van der Waals surface area contributed by atoms with Crippen LogP contribution in [-0.4, -0.2) is 31.6 Å². The van der Waals surface area contributed by atoms with E-state index in [4.69, 9.17) is 14.4 Å². The van der Waals surface area contributed by atoms with Crippen LogP contribution in [-0.2, 0) is 13.1 Å². The highest BCUT2D eigenvalue weighted by atomic mass is 16.3. The third kappa shape index (κ3) is 4.33. The van der Waals surface area contributed by atoms with Gasteiger partial charge in [0.2, 0.25) is 0 Å². The molecule has 0 atom stereocenters. The van der Waals surface area contributed by atoms with Crippen molar-refractivity contribution in [2.24, 2.45) is 4.99 Å². The Kier molecular flexibility index (Phi) is 5.73. The van der Waals surface area contributed by atoms with Gasteiger partial charge in [-0.15, -0.1) is 0 Å². The molecule has 0 amide bonds. The van der Waals surface area contributed by atoms with E-state index in [0.29, 0.717) is 13.1 Å². The number of hydrogen-bond acceptors (Lipinski definition) is 4. The van der Waals surface area contributed by atoms with Gasteiger partial charge in [-0.3, -0.25) is 0 Å². The number of hydrogen-bond donors (Lipinski definition) is 2. The van der Waals surface area contributed by atoms with Gasteiger partial charge in [-0.25, -0.2) is 9.98 Å². The third-order valence-corrected chi connectivity index (χ3v) is 4.01. The molecule has 0 unspecified atom stereocenters. The van der Waals surface area contributed by atoms with E-state index >= 15 is 0 Å². The molecular weight excluding hydrogens is 326 g/mol. The Morgan fingerprint density at radius 1 is 1.15 bits per heavy atom. The molecule has 0 radical (unpaired) electrons. The summed E-state index contributed by atoms with van der Waals surface area (Å²) in [5.74, 6) is 2.57. The van der Waals surface area contributed by atoms with Crippen molar-refractivity contribution in [2.75, 3.05) is 25.5 Å². The third-order valence-electron chi connectivity index (χ3n) is 4.01. The lowest BCUT2D eigenvalue weighted by Crippen LogP contribution is -2.36. The van der Waals surface area contributed by atoms with Gasteiger partial charge < -0.3 is 20.0 Å². The van der Waals surface area contributed by atoms with Gasteiger partial charge in [0, 0.05) is 26.0 Å². The van der Waals surface area contributed by atoms with Gasteiger partial charge in [0.25, 0.3) is 0 Å². The number of pyridine rings is 1. The molecule has 0 saturated heterocycles. The number of anilines is 1. The van der Waals surface area contributed by atoms with Crippen LogP contribution in [0, 0.1) is 0 Å². The Bertz CT molecular complexity index is 871. The molecule has 0 bridgehead atoms. The average molecular weight is 351 g/mol. The summed E-state index contributed by atoms with van der Waals surface area (Å²) in [4.78, 5) is 11.5. The molecule has 0 aliphatic rings. The lowest BCUT2D eigenvalue weighted by Gasteiger charge is -2.15. The SMILES string of the molecule is CCNC(=NCc1cc(N(C)C)nc2ccccc12)NCc1ccco1. The molecule has 6 nitrogen and oxygen atoms in total. The normalized spacial score (nSPS) is 11.6. The second kappa shape index (κ2) is 8.38. The van der Waals surface area contributed by atoms with Gasteiger partial charge in [-0.1, -0.05) is 18.2 Å². The van der Waals surface area contributed by atoms with Crippen molar-refractivity contribution in [1.29, 1.82) is 0 Å². The van der Waals surface area contributed by atoms with Crippen LogP contribution < -0.4 is 15.5 Å². The molecule has 3 rings (SSSR count). The number of rotatable bonds is 6. The minimum absolute atomic E-state index is 0.567. The zero-order chi connectivity index (χ0) is 18.4. The van der Waals surface area contributed by atoms with Crippen LogP contribution in [0.15, 0.2) is 58.1 Å². The highest BCUT2D eigenvalue weighted by Gasteiger charge is 2.07. The highest BCUT2D eigenvalue weighted by molar-refractivity contribution is 5.85. The Hall–Kier alpha value is -3.02. The second-order valence-corrected chi connectivity index (χ2v) is 6.18. The first-order chi connectivity index (χ1) is 12.7. The molecule has 2 aromatic heterocycles. The van der Waals surface area contributed by atoms with Gasteiger partial charge in [-0.05, 0) is 36.8 Å². The van der Waals surface area contributed by atoms with E-state index in [1.54, 1.807) is 6.26 Å². The van der Waals surface area contributed by atoms with Crippen LogP contribution in [0.5, 0.6) is 0 Å². The zero-order valence-electron chi connectivity index (χ0n) is 15.5. The molecule has 1 aromatic carbocycles. The molecule has 0 fully saturated rings. The number of guanidine groups is 1. The predicted octanol–water partition coefficient (Wildman–Crippen LogP) is 3.15. The van der Waals surface area contributed by atoms with E-state index in [2.05, 4.69) is 29.7 Å². The molecule has 0 saturated carbocycles. The first kappa shape index (κ1) is 17.8. The van der Waals surface area contributed by atoms with Gasteiger partial charge in [0.05, 0.1) is 24.9 Å². The maximum atomic E-state index is 5.37. The number of furan rings is 1. The Balaban J connectivity index is 1.83. The molecule has 0 aliphatic carbocycles. The van der Waals surface area contributed by atoms with Crippen LogP contribution in [0.25, 0.3) is 10.9 Å². The predicted molar refractivity (Wildman–Crippen MR) is 106 cm³/mol. The van der Waals surface area contributed by atoms with E-state index in [9.17, 15) is 0 Å². The zero-order valence-corrected chi connectivity index (χ0v) is 15.5. The number of fused-ring (bicyclic) bond motifs is 1. The van der Waals surface area contributed by atoms with Gasteiger partial charge >= 0.3 is 0 Å². The molecular formula is C20H25N5O. The second-order valence-electron chi connectivity index (χ2n) is 6.18. The van der Waals surface area contributed by atoms with Gasteiger partial charge in [0.1, 0.15) is 11.6 Å². The van der Waals surface area contributed by atoms with Crippen molar-refractivity contribution in [1.82, 2.24) is 15.6 Å². The van der Waals surface area contributed by atoms with Crippen LogP contribution in [0.2, 0.25) is 0 Å². The maximum absolute atomic E-state index is 5.37. The van der Waals surface area contributed by atoms with Gasteiger partial charge in [0.15, 0.2) is 5.96 Å². The molecule has 0 aliphatic heterocycles. The summed E-state index contributed by atoms with van der Waals surface area (Å²) < 4.78 is 5.37. The van der Waals surface area contributed by atoms with Crippen molar-refractivity contribution in [3.63, 3.8) is 0 Å². The maximum Gasteiger partial charge on any atom is 0.191 e. The number of para-hydroxylation sites is 1. The monoisotopic (exact) mass is 351 g/mol. The average Bonchev–Trinajstić information content (AvgIpc) is 3.17. The number of nitrogens with zero attached hydrogens (tertiary/aromatic N) is 3. The summed E-state index contributed by atoms with van der Waals surface area (Å²) in [5.41, 5.74) is 2.13. The van der Waals surface area contributed by atoms with E-state index in [-0.39, 0.29) is 0 Å². The lowest BCUT2D eigenvalue weighted by molar-refractivity contribution is 0.501. The molecule has 136 valence electrons. The summed E-state index contributed by atoms with van der Waals surface area (Å²) in [6.07, 6.45) is 1.67. The van der Waals surface area contributed by atoms with Crippen molar-refractivity contribution in [3.05, 3.63) is 60.1 Å². The summed E-state index contributed by atoms with van der Waals surface area (Å²) in [7, 11) is 4.00. The summed E-state index contributed by atoms with van der Waals surface area (Å²) >= 11 is 0. The van der Waals surface area contributed by atoms with Crippen molar-refractivity contribution >= 4 is 22.7 Å². The van der Waals surface area contributed by atoms with Crippen LogP contribution in [0.4, 0.5) is 5.82 Å². The Labute approximate surface area is 153 Å². The highest BCUT2D eigenvalue weighted by Crippen LogP contribution is 2.22. The smallest absolute Gasteiger partial charge is 0.191 e. The Morgan fingerprint density at radius 2 is 2.00 bits per heavy atom. The van der Waals surface area contributed by atoms with Crippen LogP contribution >= 0.6 is 0 Å². The lowest BCUT2D eigenvalue weighted by atomic mass is 10.1. The number of benzene rings is 1. The fraction of sp³-hybridized carbons (Fsp3) is 0.300. The summed E-state index contributed by atoms with van der Waals surface area (Å²) in [5, 5.41) is 7.70. The van der Waals surface area contributed by atoms with Crippen LogP contribution in [0.3, 0.4) is 0 Å². The first-order valence-corrected chi connectivity index (χ1v) is 8.78. The van der Waals surface area contributed by atoms with E-state index in [1.165, 1.54) is 0 Å². The topological polar surface area (TPSA) is 65.7 Å². The number of aromatic nitrogens is 1. The van der Waals surface area contributed by atoms with E-state index in [0.717, 1.165) is 40.5 Å². The number of nitrogens with one attached hydrogen (secondary N) is 2. The molecule has 2 heterocycles. The fourth-order valence-electron chi connectivity index (χ4n) is 2.68. The van der Waals surface area contributed by atoms with Crippen molar-refractivity contribution < 1.29 is 4.42 Å². The summed E-state index contributed by atoms with van der Waals surface area (Å²) in [6, 6.07) is 14.1. The molecule has 2 N–H and O–H groups in total. The minimum Gasteiger partial charge on any atom is -0.467 e. The van der Waals surface area contributed by atoms with Crippen molar-refractivity contribution in [3.8, 4) is 0 Å². The van der Waals surface area contributed by atoms with Crippen LogP contribution in [0.1, 0.15) is 18.2 Å². The molecule has 0 spiro atoms. The standard InChI is InChI=1S/C20H25N5O/c1-4-21-20(23-14-16-8-7-11-26-16)22-13-15-12-19(25(2)3)24-18-10-6-5-9-17(15)18/h5-12H,4,13-14H2,1-3H3,(H2,21,22,23). The van der Waals surface area contributed by atoms with E-state index < -0.39 is 0 Å². The molecule has 3 aromatic rings. The van der Waals surface area contributed by atoms with Gasteiger partial charge in [-0.2, -0.15) is 0 Å². The molecule has 26 heavy (non-hydrogen) atoms. The summed E-state index contributed by atoms with van der Waals surface area (Å²) in [6.45, 7) is 4.01.